The van der Waals surface area contributed by atoms with Crippen molar-refractivity contribution in [3.63, 3.8) is 0 Å². The van der Waals surface area contributed by atoms with E-state index in [9.17, 15) is 4.79 Å². The van der Waals surface area contributed by atoms with Gasteiger partial charge in [-0.1, -0.05) is 12.1 Å². The first-order valence-electron chi connectivity index (χ1n) is 8.58. The molecule has 0 aromatic heterocycles. The molecule has 5 nitrogen and oxygen atoms in total. The topological polar surface area (TPSA) is 36.0 Å². The zero-order valence-electron chi connectivity index (χ0n) is 14.2. The lowest BCUT2D eigenvalue weighted by molar-refractivity contribution is -0.130. The molecule has 2 saturated heterocycles. The highest BCUT2D eigenvalue weighted by atomic mass is 16.5. The summed E-state index contributed by atoms with van der Waals surface area (Å²) in [6.07, 6.45) is 2.03. The van der Waals surface area contributed by atoms with E-state index < -0.39 is 0 Å². The number of carbonyl (C=O) groups is 1. The molecular weight excluding hydrogens is 290 g/mol. The number of anilines is 1. The third-order valence-corrected chi connectivity index (χ3v) is 4.89. The van der Waals surface area contributed by atoms with Crippen LogP contribution in [0, 0.1) is 0 Å². The van der Waals surface area contributed by atoms with Crippen LogP contribution in [-0.4, -0.2) is 68.1 Å². The standard InChI is InChI=1S/C18H27N3O2/c1-15(22)20-9-7-16(8-10-20)23-18-6-4-3-5-17(18)21-13-11-19(2)12-14-21/h3-6,16H,7-14H2,1-2H3. The fourth-order valence-corrected chi connectivity index (χ4v) is 3.33. The predicted molar refractivity (Wildman–Crippen MR) is 92.1 cm³/mol. The van der Waals surface area contributed by atoms with E-state index in [4.69, 9.17) is 4.74 Å². The molecule has 2 aliphatic heterocycles. The maximum absolute atomic E-state index is 11.4. The fraction of sp³-hybridized carbons (Fsp3) is 0.611. The van der Waals surface area contributed by atoms with Crippen molar-refractivity contribution in [2.45, 2.75) is 25.9 Å². The molecule has 0 saturated carbocycles. The minimum absolute atomic E-state index is 0.168. The zero-order valence-corrected chi connectivity index (χ0v) is 14.2. The van der Waals surface area contributed by atoms with Gasteiger partial charge in [-0.25, -0.2) is 0 Å². The first kappa shape index (κ1) is 16.1. The molecule has 23 heavy (non-hydrogen) atoms. The van der Waals surface area contributed by atoms with Gasteiger partial charge in [-0.05, 0) is 19.2 Å². The SMILES string of the molecule is CC(=O)N1CCC(Oc2ccccc2N2CCN(C)CC2)CC1. The van der Waals surface area contributed by atoms with Gasteiger partial charge in [0.15, 0.2) is 0 Å². The first-order valence-corrected chi connectivity index (χ1v) is 8.58. The van der Waals surface area contributed by atoms with Gasteiger partial charge in [-0.3, -0.25) is 4.79 Å². The molecule has 2 aliphatic rings. The molecule has 1 aromatic carbocycles. The number of likely N-dealkylation sites (N-methyl/N-ethyl adjacent to an activating group) is 1. The molecule has 126 valence electrons. The highest BCUT2D eigenvalue weighted by Crippen LogP contribution is 2.31. The third kappa shape index (κ3) is 3.96. The van der Waals surface area contributed by atoms with Gasteiger partial charge < -0.3 is 19.4 Å². The van der Waals surface area contributed by atoms with Crippen LogP contribution in [0.4, 0.5) is 5.69 Å². The van der Waals surface area contributed by atoms with Gasteiger partial charge in [0.1, 0.15) is 11.9 Å². The second-order valence-electron chi connectivity index (χ2n) is 6.58. The summed E-state index contributed by atoms with van der Waals surface area (Å²) in [6, 6.07) is 8.36. The van der Waals surface area contributed by atoms with Crippen LogP contribution in [0.2, 0.25) is 0 Å². The molecule has 3 rings (SSSR count). The van der Waals surface area contributed by atoms with Crippen LogP contribution in [0.5, 0.6) is 5.75 Å². The van der Waals surface area contributed by atoms with Crippen molar-refractivity contribution in [3.05, 3.63) is 24.3 Å². The minimum atomic E-state index is 0.168. The number of ether oxygens (including phenoxy) is 1. The molecule has 0 aliphatic carbocycles. The number of hydrogen-bond acceptors (Lipinski definition) is 4. The molecule has 0 N–H and O–H groups in total. The largest absolute Gasteiger partial charge is 0.488 e. The van der Waals surface area contributed by atoms with Gasteiger partial charge in [0.25, 0.3) is 0 Å². The summed E-state index contributed by atoms with van der Waals surface area (Å²) in [5.41, 5.74) is 1.20. The van der Waals surface area contributed by atoms with E-state index in [0.29, 0.717) is 0 Å². The first-order chi connectivity index (χ1) is 11.1. The van der Waals surface area contributed by atoms with Gasteiger partial charge in [0, 0.05) is 59.0 Å². The van der Waals surface area contributed by atoms with E-state index in [1.807, 2.05) is 11.0 Å². The van der Waals surface area contributed by atoms with Crippen molar-refractivity contribution in [3.8, 4) is 5.75 Å². The van der Waals surface area contributed by atoms with Crippen LogP contribution < -0.4 is 9.64 Å². The number of hydrogen-bond donors (Lipinski definition) is 0. The van der Waals surface area contributed by atoms with E-state index >= 15 is 0 Å². The maximum Gasteiger partial charge on any atom is 0.219 e. The van der Waals surface area contributed by atoms with Crippen LogP contribution in [-0.2, 0) is 4.79 Å². The molecule has 1 amide bonds. The van der Waals surface area contributed by atoms with E-state index in [1.54, 1.807) is 6.92 Å². The number of piperazine rings is 1. The molecule has 1 aromatic rings. The van der Waals surface area contributed by atoms with Crippen LogP contribution in [0.15, 0.2) is 24.3 Å². The molecule has 0 unspecified atom stereocenters. The average molecular weight is 317 g/mol. The van der Waals surface area contributed by atoms with Crippen molar-refractivity contribution >= 4 is 11.6 Å². The van der Waals surface area contributed by atoms with Gasteiger partial charge in [0.2, 0.25) is 5.91 Å². The average Bonchev–Trinajstić information content (AvgIpc) is 2.57. The number of nitrogens with zero attached hydrogens (tertiary/aromatic N) is 3. The summed E-state index contributed by atoms with van der Waals surface area (Å²) in [5, 5.41) is 0. The number of amides is 1. The van der Waals surface area contributed by atoms with E-state index in [0.717, 1.165) is 57.9 Å². The number of likely N-dealkylation sites (tertiary alicyclic amines) is 1. The van der Waals surface area contributed by atoms with E-state index in [1.165, 1.54) is 5.69 Å². The van der Waals surface area contributed by atoms with Crippen LogP contribution in [0.3, 0.4) is 0 Å². The summed E-state index contributed by atoms with van der Waals surface area (Å²) in [5.74, 6) is 1.15. The number of benzene rings is 1. The Bertz CT molecular complexity index is 533. The van der Waals surface area contributed by atoms with Crippen LogP contribution >= 0.6 is 0 Å². The van der Waals surface area contributed by atoms with Crippen molar-refractivity contribution in [2.75, 3.05) is 51.2 Å². The molecule has 2 fully saturated rings. The number of para-hydroxylation sites is 2. The molecule has 2 heterocycles. The van der Waals surface area contributed by atoms with Crippen molar-refractivity contribution in [1.29, 1.82) is 0 Å². The van der Waals surface area contributed by atoms with E-state index in [2.05, 4.69) is 35.0 Å². The minimum Gasteiger partial charge on any atom is -0.488 e. The summed E-state index contributed by atoms with van der Waals surface area (Å²) in [6.45, 7) is 7.51. The molecule has 5 heteroatoms. The van der Waals surface area contributed by atoms with Gasteiger partial charge in [-0.2, -0.15) is 0 Å². The van der Waals surface area contributed by atoms with Crippen molar-refractivity contribution in [2.24, 2.45) is 0 Å². The number of piperidine rings is 1. The molecule has 0 spiro atoms. The highest BCUT2D eigenvalue weighted by molar-refractivity contribution is 5.73. The number of carbonyl (C=O) groups excluding carboxylic acids is 1. The Labute approximate surface area is 138 Å². The van der Waals surface area contributed by atoms with Gasteiger partial charge in [-0.15, -0.1) is 0 Å². The second kappa shape index (κ2) is 7.21. The highest BCUT2D eigenvalue weighted by Gasteiger charge is 2.24. The Hall–Kier alpha value is -1.75. The Morgan fingerprint density at radius 1 is 1.04 bits per heavy atom. The molecule has 0 radical (unpaired) electrons. The number of rotatable bonds is 3. The smallest absolute Gasteiger partial charge is 0.219 e. The monoisotopic (exact) mass is 317 g/mol. The summed E-state index contributed by atoms with van der Waals surface area (Å²) < 4.78 is 6.30. The molecular formula is C18H27N3O2. The van der Waals surface area contributed by atoms with Crippen LogP contribution in [0.25, 0.3) is 0 Å². The quantitative estimate of drug-likeness (QED) is 0.852. The summed E-state index contributed by atoms with van der Waals surface area (Å²) in [7, 11) is 2.17. The third-order valence-electron chi connectivity index (χ3n) is 4.89. The molecule has 0 atom stereocenters. The normalized spacial score (nSPS) is 20.6. The van der Waals surface area contributed by atoms with Crippen LogP contribution in [0.1, 0.15) is 19.8 Å². The van der Waals surface area contributed by atoms with Crippen molar-refractivity contribution < 1.29 is 9.53 Å². The van der Waals surface area contributed by atoms with Gasteiger partial charge >= 0.3 is 0 Å². The summed E-state index contributed by atoms with van der Waals surface area (Å²) >= 11 is 0. The zero-order chi connectivity index (χ0) is 16.2. The Kier molecular flexibility index (Phi) is 5.06. The fourth-order valence-electron chi connectivity index (χ4n) is 3.33. The maximum atomic E-state index is 11.4. The molecule has 0 bridgehead atoms. The predicted octanol–water partition coefficient (Wildman–Crippen LogP) is 1.83. The summed E-state index contributed by atoms with van der Waals surface area (Å²) in [4.78, 5) is 18.1. The lowest BCUT2D eigenvalue weighted by atomic mass is 10.1. The lowest BCUT2D eigenvalue weighted by Gasteiger charge is -2.36. The Morgan fingerprint density at radius 2 is 1.70 bits per heavy atom. The Balaban J connectivity index is 1.63. The van der Waals surface area contributed by atoms with E-state index in [-0.39, 0.29) is 12.0 Å². The van der Waals surface area contributed by atoms with Crippen molar-refractivity contribution in [1.82, 2.24) is 9.80 Å². The van der Waals surface area contributed by atoms with Gasteiger partial charge in [0.05, 0.1) is 5.69 Å². The second-order valence-corrected chi connectivity index (χ2v) is 6.58. The Morgan fingerprint density at radius 3 is 2.35 bits per heavy atom. The lowest BCUT2D eigenvalue weighted by Crippen LogP contribution is -2.45.